The minimum atomic E-state index is 0.282. The molecule has 12 heavy (non-hydrogen) atoms. The van der Waals surface area contributed by atoms with Crippen LogP contribution in [0.5, 0.6) is 6.01 Å². The van der Waals surface area contributed by atoms with Crippen molar-refractivity contribution in [2.75, 3.05) is 7.11 Å². The highest BCUT2D eigenvalue weighted by atomic mass is 35.5. The van der Waals surface area contributed by atoms with E-state index in [9.17, 15) is 0 Å². The molecule has 0 amide bonds. The lowest BCUT2D eigenvalue weighted by atomic mass is 10.7. The molecule has 5 nitrogen and oxygen atoms in total. The van der Waals surface area contributed by atoms with E-state index in [4.69, 9.17) is 16.3 Å². The smallest absolute Gasteiger partial charge is 0.337 e. The lowest BCUT2D eigenvalue weighted by Crippen LogP contribution is -1.89. The Hall–Kier alpha value is -1.36. The molecule has 0 N–H and O–H groups in total. The van der Waals surface area contributed by atoms with Gasteiger partial charge in [-0.05, 0) is 0 Å². The van der Waals surface area contributed by atoms with Crippen LogP contribution in [0.15, 0.2) is 12.4 Å². The molecule has 0 fully saturated rings. The topological polar surface area (TPSA) is 52.3 Å². The molecule has 0 radical (unpaired) electrons. The van der Waals surface area contributed by atoms with Crippen LogP contribution in [0.2, 0.25) is 5.02 Å². The van der Waals surface area contributed by atoms with Gasteiger partial charge >= 0.3 is 6.01 Å². The first-order valence-corrected chi connectivity index (χ1v) is 3.59. The Morgan fingerprint density at radius 1 is 1.58 bits per heavy atom. The van der Waals surface area contributed by atoms with Crippen molar-refractivity contribution in [1.82, 2.24) is 19.6 Å². The van der Waals surface area contributed by atoms with Crippen molar-refractivity contribution in [3.8, 4) is 6.01 Å². The number of nitrogens with zero attached hydrogens (tertiary/aromatic N) is 4. The zero-order chi connectivity index (χ0) is 8.55. The summed E-state index contributed by atoms with van der Waals surface area (Å²) in [5.41, 5.74) is 0. The van der Waals surface area contributed by atoms with Gasteiger partial charge in [-0.3, -0.25) is 0 Å². The molecule has 0 bridgehead atoms. The van der Waals surface area contributed by atoms with Crippen LogP contribution < -0.4 is 4.74 Å². The molecule has 2 rings (SSSR count). The third kappa shape index (κ3) is 1.08. The predicted octanol–water partition coefficient (Wildman–Crippen LogP) is 0.786. The van der Waals surface area contributed by atoms with E-state index in [0.29, 0.717) is 10.8 Å². The Kier molecular flexibility index (Phi) is 1.58. The first kappa shape index (κ1) is 7.30. The van der Waals surface area contributed by atoms with E-state index >= 15 is 0 Å². The van der Waals surface area contributed by atoms with Crippen LogP contribution in [-0.4, -0.2) is 26.7 Å². The summed E-state index contributed by atoms with van der Waals surface area (Å²) in [5, 5.41) is 4.44. The second-order valence-electron chi connectivity index (χ2n) is 2.12. The molecule has 0 aliphatic carbocycles. The molecule has 2 heterocycles. The zero-order valence-corrected chi connectivity index (χ0v) is 6.99. The molecular formula is C6H5ClN4O. The summed E-state index contributed by atoms with van der Waals surface area (Å²) >= 11 is 5.68. The Labute approximate surface area is 73.0 Å². The number of fused-ring (bicyclic) bond motifs is 1. The van der Waals surface area contributed by atoms with Gasteiger partial charge in [-0.2, -0.15) is 9.50 Å². The van der Waals surface area contributed by atoms with Crippen LogP contribution in [0.25, 0.3) is 5.78 Å². The maximum absolute atomic E-state index is 5.68. The van der Waals surface area contributed by atoms with Gasteiger partial charge in [-0.15, -0.1) is 5.10 Å². The molecule has 6 heteroatoms. The minimum Gasteiger partial charge on any atom is -0.466 e. The van der Waals surface area contributed by atoms with E-state index in [0.717, 1.165) is 0 Å². The molecule has 0 spiro atoms. The van der Waals surface area contributed by atoms with Crippen molar-refractivity contribution >= 4 is 17.4 Å². The fraction of sp³-hybridized carbons (Fsp3) is 0.167. The van der Waals surface area contributed by atoms with Crippen molar-refractivity contribution in [1.29, 1.82) is 0 Å². The third-order valence-electron chi connectivity index (χ3n) is 1.33. The van der Waals surface area contributed by atoms with E-state index in [2.05, 4.69) is 15.1 Å². The monoisotopic (exact) mass is 184 g/mol. The fourth-order valence-corrected chi connectivity index (χ4v) is 0.968. The molecule has 0 aliphatic rings. The van der Waals surface area contributed by atoms with Gasteiger partial charge in [0.05, 0.1) is 24.5 Å². The van der Waals surface area contributed by atoms with Crippen LogP contribution in [0.4, 0.5) is 0 Å². The SMILES string of the molecule is COc1nc2ncc(Cl)cn2n1. The average Bonchev–Trinajstić information content (AvgIpc) is 2.46. The van der Waals surface area contributed by atoms with Crippen LogP contribution in [0.1, 0.15) is 0 Å². The third-order valence-corrected chi connectivity index (χ3v) is 1.52. The molecule has 2 aromatic rings. The molecule has 62 valence electrons. The molecule has 0 saturated heterocycles. The summed E-state index contributed by atoms with van der Waals surface area (Å²) in [7, 11) is 1.50. The maximum atomic E-state index is 5.68. The molecule has 0 unspecified atom stereocenters. The van der Waals surface area contributed by atoms with Gasteiger partial charge in [0.15, 0.2) is 0 Å². The predicted molar refractivity (Wildman–Crippen MR) is 42.3 cm³/mol. The number of halogens is 1. The van der Waals surface area contributed by atoms with Gasteiger partial charge in [0.1, 0.15) is 0 Å². The summed E-state index contributed by atoms with van der Waals surface area (Å²) in [4.78, 5) is 7.86. The number of rotatable bonds is 1. The second kappa shape index (κ2) is 2.60. The van der Waals surface area contributed by atoms with Crippen molar-refractivity contribution in [3.05, 3.63) is 17.4 Å². The number of hydrogen-bond donors (Lipinski definition) is 0. The lowest BCUT2D eigenvalue weighted by Gasteiger charge is -1.88. The Balaban J connectivity index is 2.67. The minimum absolute atomic E-state index is 0.282. The van der Waals surface area contributed by atoms with Crippen molar-refractivity contribution < 1.29 is 4.74 Å². The fourth-order valence-electron chi connectivity index (χ4n) is 0.827. The molecule has 0 aliphatic heterocycles. The maximum Gasteiger partial charge on any atom is 0.337 e. The van der Waals surface area contributed by atoms with E-state index < -0.39 is 0 Å². The summed E-state index contributed by atoms with van der Waals surface area (Å²) < 4.78 is 6.27. The number of aromatic nitrogens is 4. The highest BCUT2D eigenvalue weighted by Crippen LogP contribution is 2.08. The van der Waals surface area contributed by atoms with Crippen LogP contribution in [-0.2, 0) is 0 Å². The normalized spacial score (nSPS) is 10.5. The van der Waals surface area contributed by atoms with E-state index in [-0.39, 0.29) is 6.01 Å². The first-order valence-electron chi connectivity index (χ1n) is 3.21. The van der Waals surface area contributed by atoms with E-state index in [1.807, 2.05) is 0 Å². The van der Waals surface area contributed by atoms with Crippen LogP contribution in [0.3, 0.4) is 0 Å². The average molecular weight is 185 g/mol. The zero-order valence-electron chi connectivity index (χ0n) is 6.23. The quantitative estimate of drug-likeness (QED) is 0.658. The second-order valence-corrected chi connectivity index (χ2v) is 2.55. The van der Waals surface area contributed by atoms with Crippen LogP contribution in [0, 0.1) is 0 Å². The number of hydrogen-bond acceptors (Lipinski definition) is 4. The van der Waals surface area contributed by atoms with E-state index in [1.54, 1.807) is 6.20 Å². The van der Waals surface area contributed by atoms with Gasteiger partial charge in [0.25, 0.3) is 5.78 Å². The highest BCUT2D eigenvalue weighted by molar-refractivity contribution is 6.30. The molecule has 0 aromatic carbocycles. The summed E-state index contributed by atoms with van der Waals surface area (Å²) in [6.45, 7) is 0. The highest BCUT2D eigenvalue weighted by Gasteiger charge is 2.03. The van der Waals surface area contributed by atoms with Crippen molar-refractivity contribution in [2.45, 2.75) is 0 Å². The molecule has 0 saturated carbocycles. The van der Waals surface area contributed by atoms with Gasteiger partial charge in [-0.25, -0.2) is 4.98 Å². The van der Waals surface area contributed by atoms with Crippen LogP contribution >= 0.6 is 11.6 Å². The van der Waals surface area contributed by atoms with E-state index in [1.165, 1.54) is 17.8 Å². The summed E-state index contributed by atoms with van der Waals surface area (Å²) in [5.74, 6) is 0.469. The van der Waals surface area contributed by atoms with Gasteiger partial charge < -0.3 is 4.74 Å². The lowest BCUT2D eigenvalue weighted by molar-refractivity contribution is 0.380. The van der Waals surface area contributed by atoms with Gasteiger partial charge in [0.2, 0.25) is 0 Å². The largest absolute Gasteiger partial charge is 0.466 e. The number of methoxy groups -OCH3 is 1. The Morgan fingerprint density at radius 2 is 2.42 bits per heavy atom. The molecule has 0 atom stereocenters. The molecular weight excluding hydrogens is 180 g/mol. The Morgan fingerprint density at radius 3 is 3.17 bits per heavy atom. The molecule has 2 aromatic heterocycles. The summed E-state index contributed by atoms with van der Waals surface area (Å²) in [6.07, 6.45) is 3.12. The van der Waals surface area contributed by atoms with Crippen molar-refractivity contribution in [3.63, 3.8) is 0 Å². The van der Waals surface area contributed by atoms with Gasteiger partial charge in [0, 0.05) is 0 Å². The van der Waals surface area contributed by atoms with Gasteiger partial charge in [-0.1, -0.05) is 11.6 Å². The first-order chi connectivity index (χ1) is 5.79. The number of ether oxygens (including phenoxy) is 1. The standard InChI is InChI=1S/C6H5ClN4O/c1-12-6-9-5-8-2-4(7)3-11(5)10-6/h2-3H,1H3. The summed E-state index contributed by atoms with van der Waals surface area (Å²) in [6, 6.07) is 0.282. The Bertz CT molecular complexity index is 413. The van der Waals surface area contributed by atoms with Crippen molar-refractivity contribution in [2.24, 2.45) is 0 Å².